The summed E-state index contributed by atoms with van der Waals surface area (Å²) in [5, 5.41) is 9.43. The number of hydrogen-bond donors (Lipinski definition) is 3. The van der Waals surface area contributed by atoms with Gasteiger partial charge in [-0.25, -0.2) is 0 Å². The Morgan fingerprint density at radius 3 is 2.30 bits per heavy atom. The monoisotopic (exact) mass is 631 g/mol. The summed E-state index contributed by atoms with van der Waals surface area (Å²) in [7, 11) is 0. The number of hydrogen-bond acceptors (Lipinski definition) is 4. The first kappa shape index (κ1) is 33.5. The number of carbonyl (C=O) groups excluding carboxylic acids is 3. The lowest BCUT2D eigenvalue weighted by molar-refractivity contribution is -0.157. The molecule has 7 nitrogen and oxygen atoms in total. The number of H-pyrrole nitrogens is 1. The van der Waals surface area contributed by atoms with Crippen molar-refractivity contribution in [1.29, 1.82) is 0 Å². The summed E-state index contributed by atoms with van der Waals surface area (Å²) in [4.78, 5) is 43.8. The molecule has 0 aliphatic rings. The number of aromatic amines is 1. The summed E-state index contributed by atoms with van der Waals surface area (Å²) in [5.74, 6) is -1.65. The second-order valence-electron chi connectivity index (χ2n) is 13.2. The van der Waals surface area contributed by atoms with Crippen LogP contribution >= 0.6 is 0 Å². The van der Waals surface area contributed by atoms with Crippen LogP contribution < -0.4 is 10.6 Å². The summed E-state index contributed by atoms with van der Waals surface area (Å²) < 4.78 is 5.61. The molecule has 47 heavy (non-hydrogen) atoms. The van der Waals surface area contributed by atoms with Crippen LogP contribution in [0.2, 0.25) is 0 Å². The average Bonchev–Trinajstić information content (AvgIpc) is 3.46. The largest absolute Gasteiger partial charge is 0.460 e. The van der Waals surface area contributed by atoms with Crippen LogP contribution in [0.3, 0.4) is 0 Å². The summed E-state index contributed by atoms with van der Waals surface area (Å²) in [5.41, 5.74) is 3.53. The van der Waals surface area contributed by atoms with Gasteiger partial charge in [-0.3, -0.25) is 14.4 Å². The second-order valence-corrected chi connectivity index (χ2v) is 13.2. The van der Waals surface area contributed by atoms with Gasteiger partial charge in [0.05, 0.1) is 6.42 Å². The minimum absolute atomic E-state index is 0.0593. The third-order valence-electron chi connectivity index (χ3n) is 8.32. The Labute approximate surface area is 277 Å². The molecule has 0 saturated heterocycles. The van der Waals surface area contributed by atoms with Crippen molar-refractivity contribution < 1.29 is 19.1 Å². The van der Waals surface area contributed by atoms with E-state index in [4.69, 9.17) is 4.74 Å². The van der Waals surface area contributed by atoms with Crippen molar-refractivity contribution in [2.75, 3.05) is 6.54 Å². The molecular weight excluding hydrogens is 586 g/mol. The molecule has 0 fully saturated rings. The Kier molecular flexibility index (Phi) is 11.1. The van der Waals surface area contributed by atoms with Crippen molar-refractivity contribution in [2.24, 2.45) is 5.92 Å². The number of rotatable bonds is 14. The van der Waals surface area contributed by atoms with Gasteiger partial charge < -0.3 is 20.4 Å². The third kappa shape index (κ3) is 9.79. The fraction of sp³-hybridized carbons (Fsp3) is 0.325. The molecule has 7 heteroatoms. The molecule has 5 aromatic rings. The van der Waals surface area contributed by atoms with Crippen LogP contribution in [0.15, 0.2) is 103 Å². The average molecular weight is 632 g/mol. The van der Waals surface area contributed by atoms with Crippen molar-refractivity contribution in [3.8, 4) is 0 Å². The number of nitrogens with one attached hydrogen (secondary N) is 3. The molecule has 2 unspecified atom stereocenters. The maximum absolute atomic E-state index is 14.0. The zero-order chi connectivity index (χ0) is 33.2. The van der Waals surface area contributed by atoms with Gasteiger partial charge in [0.15, 0.2) is 0 Å². The van der Waals surface area contributed by atoms with Crippen molar-refractivity contribution in [3.63, 3.8) is 0 Å². The van der Waals surface area contributed by atoms with Gasteiger partial charge in [0.1, 0.15) is 11.6 Å². The van der Waals surface area contributed by atoms with E-state index in [0.29, 0.717) is 32.2 Å². The Hall–Kier alpha value is -4.91. The van der Waals surface area contributed by atoms with E-state index in [0.717, 1.165) is 28.5 Å². The minimum Gasteiger partial charge on any atom is -0.460 e. The summed E-state index contributed by atoms with van der Waals surface area (Å²) in [6, 6.07) is 31.7. The zero-order valence-electron chi connectivity index (χ0n) is 27.6. The zero-order valence-corrected chi connectivity index (χ0v) is 27.6. The standard InChI is InChI=1S/C40H45N3O4/c1-40(2,3)47-37(44)26-32(17-11-14-29-20-21-30-15-7-8-16-31(30)24-29)38(45)43-36(25-33-27-42-35-19-10-9-18-34(33)35)39(46)41-23-22-28-12-5-4-6-13-28/h4-10,12-13,15-16,18-21,24,27,32,36,42H,11,14,17,22-23,25-26H2,1-3H3,(H,41,46)(H,43,45). The second kappa shape index (κ2) is 15.6. The number of aromatic nitrogens is 1. The van der Waals surface area contributed by atoms with Crippen LogP contribution in [0, 0.1) is 5.92 Å². The van der Waals surface area contributed by atoms with Gasteiger partial charge in [0.2, 0.25) is 11.8 Å². The van der Waals surface area contributed by atoms with E-state index in [9.17, 15) is 14.4 Å². The third-order valence-corrected chi connectivity index (χ3v) is 8.32. The molecule has 0 aliphatic carbocycles. The number of amides is 2. The highest BCUT2D eigenvalue weighted by Gasteiger charge is 2.29. The van der Waals surface area contributed by atoms with Crippen LogP contribution in [0.5, 0.6) is 0 Å². The number of benzene rings is 4. The van der Waals surface area contributed by atoms with Crippen LogP contribution in [0.1, 0.15) is 56.7 Å². The van der Waals surface area contributed by atoms with Gasteiger partial charge in [-0.1, -0.05) is 91.0 Å². The van der Waals surface area contributed by atoms with Gasteiger partial charge in [-0.15, -0.1) is 0 Å². The lowest BCUT2D eigenvalue weighted by atomic mass is 9.94. The van der Waals surface area contributed by atoms with Crippen molar-refractivity contribution in [3.05, 3.63) is 120 Å². The Morgan fingerprint density at radius 2 is 1.51 bits per heavy atom. The van der Waals surface area contributed by atoms with E-state index in [1.165, 1.54) is 16.3 Å². The topological polar surface area (TPSA) is 100 Å². The van der Waals surface area contributed by atoms with Gasteiger partial charge in [0.25, 0.3) is 0 Å². The summed E-state index contributed by atoms with van der Waals surface area (Å²) >= 11 is 0. The first-order valence-corrected chi connectivity index (χ1v) is 16.5. The lowest BCUT2D eigenvalue weighted by Gasteiger charge is -2.24. The van der Waals surface area contributed by atoms with Gasteiger partial charge in [-0.2, -0.15) is 0 Å². The molecule has 2 amide bonds. The molecule has 0 aliphatic heterocycles. The molecule has 5 rings (SSSR count). The maximum Gasteiger partial charge on any atom is 0.307 e. The maximum atomic E-state index is 14.0. The molecule has 244 valence electrons. The van der Waals surface area contributed by atoms with E-state index in [1.54, 1.807) is 0 Å². The van der Waals surface area contributed by atoms with E-state index in [2.05, 4.69) is 45.9 Å². The predicted octanol–water partition coefficient (Wildman–Crippen LogP) is 7.08. The van der Waals surface area contributed by atoms with Crippen molar-refractivity contribution >= 4 is 39.5 Å². The van der Waals surface area contributed by atoms with Crippen molar-refractivity contribution in [2.45, 2.75) is 70.9 Å². The van der Waals surface area contributed by atoms with Gasteiger partial charge >= 0.3 is 5.97 Å². The molecule has 0 bridgehead atoms. The number of carbonyl (C=O) groups is 3. The molecule has 3 N–H and O–H groups in total. The molecule has 2 atom stereocenters. The van der Waals surface area contributed by atoms with Crippen LogP contribution in [-0.4, -0.2) is 41.0 Å². The Bertz CT molecular complexity index is 1800. The number of para-hydroxylation sites is 1. The molecule has 1 aromatic heterocycles. The fourth-order valence-electron chi connectivity index (χ4n) is 5.97. The van der Waals surface area contributed by atoms with Gasteiger partial charge in [-0.05, 0) is 80.0 Å². The highest BCUT2D eigenvalue weighted by Crippen LogP contribution is 2.23. The molecular formula is C40H45N3O4. The number of fused-ring (bicyclic) bond motifs is 2. The number of ether oxygens (including phenoxy) is 1. The highest BCUT2D eigenvalue weighted by molar-refractivity contribution is 5.91. The smallest absolute Gasteiger partial charge is 0.307 e. The number of aryl methyl sites for hydroxylation is 1. The molecule has 0 radical (unpaired) electrons. The minimum atomic E-state index is -0.820. The summed E-state index contributed by atoms with van der Waals surface area (Å²) in [6.45, 7) is 5.89. The SMILES string of the molecule is CC(C)(C)OC(=O)CC(CCCc1ccc2ccccc2c1)C(=O)NC(Cc1c[nH]c2ccccc12)C(=O)NCCc1ccccc1. The molecule has 4 aromatic carbocycles. The first-order chi connectivity index (χ1) is 22.6. The lowest BCUT2D eigenvalue weighted by Crippen LogP contribution is -2.50. The van der Waals surface area contributed by atoms with Gasteiger partial charge in [0, 0.05) is 36.0 Å². The fourth-order valence-corrected chi connectivity index (χ4v) is 5.97. The first-order valence-electron chi connectivity index (χ1n) is 16.5. The Balaban J connectivity index is 1.30. The Morgan fingerprint density at radius 1 is 0.787 bits per heavy atom. The quantitative estimate of drug-likeness (QED) is 0.114. The predicted molar refractivity (Wildman–Crippen MR) is 188 cm³/mol. The summed E-state index contributed by atoms with van der Waals surface area (Å²) in [6.07, 6.45) is 4.77. The van der Waals surface area contributed by atoms with E-state index in [-0.39, 0.29) is 18.2 Å². The molecule has 0 spiro atoms. The molecule has 0 saturated carbocycles. The van der Waals surface area contributed by atoms with Crippen molar-refractivity contribution in [1.82, 2.24) is 15.6 Å². The van der Waals surface area contributed by atoms with E-state index >= 15 is 0 Å². The van der Waals surface area contributed by atoms with Crippen LogP contribution in [-0.2, 0) is 38.4 Å². The number of esters is 1. The molecule has 1 heterocycles. The van der Waals surface area contributed by atoms with E-state index < -0.39 is 23.5 Å². The van der Waals surface area contributed by atoms with Crippen LogP contribution in [0.4, 0.5) is 0 Å². The normalized spacial score (nSPS) is 12.8. The highest BCUT2D eigenvalue weighted by atomic mass is 16.6. The van der Waals surface area contributed by atoms with Crippen LogP contribution in [0.25, 0.3) is 21.7 Å². The van der Waals surface area contributed by atoms with E-state index in [1.807, 2.05) is 93.7 Å².